The Kier molecular flexibility index (Phi) is 4.25. The highest BCUT2D eigenvalue weighted by Crippen LogP contribution is 2.42. The van der Waals surface area contributed by atoms with Crippen molar-refractivity contribution >= 4 is 27.7 Å². The van der Waals surface area contributed by atoms with E-state index in [1.54, 1.807) is 5.56 Å². The minimum atomic E-state index is 0.402. The molecule has 1 aromatic rings. The van der Waals surface area contributed by atoms with Crippen molar-refractivity contribution in [1.29, 1.82) is 0 Å². The fraction of sp³-hybridized carbons (Fsp3) is 0.600. The molecule has 0 saturated heterocycles. The SMILES string of the molecule is CC(C)(C)C(CBr)CC1Cc2ccccc2S1. The number of alkyl halides is 1. The summed E-state index contributed by atoms with van der Waals surface area (Å²) in [7, 11) is 0. The van der Waals surface area contributed by atoms with Crippen LogP contribution in [0.15, 0.2) is 29.2 Å². The lowest BCUT2D eigenvalue weighted by atomic mass is 9.79. The zero-order valence-electron chi connectivity index (χ0n) is 10.9. The van der Waals surface area contributed by atoms with Gasteiger partial charge in [0.05, 0.1) is 0 Å². The lowest BCUT2D eigenvalue weighted by Crippen LogP contribution is -2.25. The lowest BCUT2D eigenvalue weighted by Gasteiger charge is -2.31. The summed E-state index contributed by atoms with van der Waals surface area (Å²) in [5.74, 6) is 0.759. The molecule has 0 amide bonds. The molecular formula is C15H21BrS. The van der Waals surface area contributed by atoms with Gasteiger partial charge in [-0.2, -0.15) is 0 Å². The first-order valence-corrected chi connectivity index (χ1v) is 8.31. The van der Waals surface area contributed by atoms with E-state index < -0.39 is 0 Å². The third-order valence-corrected chi connectivity index (χ3v) is 5.80. The van der Waals surface area contributed by atoms with Crippen LogP contribution in [0.25, 0.3) is 0 Å². The number of hydrogen-bond acceptors (Lipinski definition) is 1. The molecule has 0 fully saturated rings. The third kappa shape index (κ3) is 3.29. The van der Waals surface area contributed by atoms with Gasteiger partial charge in [0.1, 0.15) is 0 Å². The highest BCUT2D eigenvalue weighted by molar-refractivity contribution is 9.09. The summed E-state index contributed by atoms with van der Waals surface area (Å²) < 4.78 is 0. The molecule has 2 atom stereocenters. The van der Waals surface area contributed by atoms with Crippen molar-refractivity contribution in [1.82, 2.24) is 0 Å². The molecule has 94 valence electrons. The van der Waals surface area contributed by atoms with Gasteiger partial charge < -0.3 is 0 Å². The lowest BCUT2D eigenvalue weighted by molar-refractivity contribution is 0.252. The van der Waals surface area contributed by atoms with Gasteiger partial charge >= 0.3 is 0 Å². The summed E-state index contributed by atoms with van der Waals surface area (Å²) in [6.07, 6.45) is 2.56. The molecule has 1 heterocycles. The van der Waals surface area contributed by atoms with Crippen LogP contribution < -0.4 is 0 Å². The van der Waals surface area contributed by atoms with E-state index in [9.17, 15) is 0 Å². The van der Waals surface area contributed by atoms with Crippen LogP contribution in [-0.4, -0.2) is 10.6 Å². The molecule has 0 bridgehead atoms. The molecule has 2 unspecified atom stereocenters. The maximum atomic E-state index is 3.68. The molecule has 0 aromatic heterocycles. The highest BCUT2D eigenvalue weighted by Gasteiger charge is 2.30. The Labute approximate surface area is 118 Å². The molecule has 0 radical (unpaired) electrons. The van der Waals surface area contributed by atoms with Gasteiger partial charge in [0, 0.05) is 15.5 Å². The maximum Gasteiger partial charge on any atom is 0.0138 e. The molecule has 2 heteroatoms. The third-order valence-electron chi connectivity index (χ3n) is 3.67. The summed E-state index contributed by atoms with van der Waals surface area (Å²) in [6.45, 7) is 7.06. The fourth-order valence-corrected chi connectivity index (χ4v) is 5.00. The van der Waals surface area contributed by atoms with Crippen molar-refractivity contribution in [3.8, 4) is 0 Å². The van der Waals surface area contributed by atoms with Crippen molar-refractivity contribution < 1.29 is 0 Å². The topological polar surface area (TPSA) is 0 Å². The standard InChI is InChI=1S/C15H21BrS/c1-15(2,3)12(10-16)9-13-8-11-6-4-5-7-14(11)17-13/h4-7,12-13H,8-10H2,1-3H3. The Balaban J connectivity index is 2.00. The molecule has 0 aliphatic carbocycles. The van der Waals surface area contributed by atoms with Crippen LogP contribution in [0.1, 0.15) is 32.8 Å². The van der Waals surface area contributed by atoms with Gasteiger partial charge in [-0.1, -0.05) is 54.9 Å². The molecule has 2 rings (SSSR count). The average Bonchev–Trinajstić information content (AvgIpc) is 2.66. The van der Waals surface area contributed by atoms with E-state index >= 15 is 0 Å². The van der Waals surface area contributed by atoms with E-state index in [0.717, 1.165) is 16.5 Å². The molecule has 0 spiro atoms. The Bertz CT molecular complexity index is 356. The van der Waals surface area contributed by atoms with Gasteiger partial charge in [0.25, 0.3) is 0 Å². The molecule has 1 aromatic carbocycles. The van der Waals surface area contributed by atoms with Crippen LogP contribution in [0.4, 0.5) is 0 Å². The predicted octanol–water partition coefficient (Wildman–Crippen LogP) is 5.15. The smallest absolute Gasteiger partial charge is 0.0138 e. The zero-order valence-corrected chi connectivity index (χ0v) is 13.3. The average molecular weight is 313 g/mol. The first kappa shape index (κ1) is 13.5. The Morgan fingerprint density at radius 3 is 2.65 bits per heavy atom. The van der Waals surface area contributed by atoms with E-state index in [1.807, 2.05) is 0 Å². The first-order valence-electron chi connectivity index (χ1n) is 6.31. The summed E-state index contributed by atoms with van der Waals surface area (Å²) in [6, 6.07) is 8.86. The molecule has 0 saturated carbocycles. The summed E-state index contributed by atoms with van der Waals surface area (Å²) >= 11 is 5.76. The van der Waals surface area contributed by atoms with Gasteiger partial charge in [0.2, 0.25) is 0 Å². The van der Waals surface area contributed by atoms with Crippen molar-refractivity contribution in [3.63, 3.8) is 0 Å². The number of halogens is 1. The van der Waals surface area contributed by atoms with Gasteiger partial charge in [0.15, 0.2) is 0 Å². The van der Waals surface area contributed by atoms with Crippen LogP contribution in [0.2, 0.25) is 0 Å². The van der Waals surface area contributed by atoms with E-state index in [-0.39, 0.29) is 0 Å². The largest absolute Gasteiger partial charge is 0.122 e. The number of benzene rings is 1. The van der Waals surface area contributed by atoms with E-state index in [0.29, 0.717) is 5.41 Å². The fourth-order valence-electron chi connectivity index (χ4n) is 2.35. The Hall–Kier alpha value is 0.0500. The summed E-state index contributed by atoms with van der Waals surface area (Å²) in [4.78, 5) is 1.50. The highest BCUT2D eigenvalue weighted by atomic mass is 79.9. The molecule has 1 aliphatic heterocycles. The second kappa shape index (κ2) is 5.36. The molecule has 1 aliphatic rings. The second-order valence-corrected chi connectivity index (χ2v) is 7.99. The summed E-state index contributed by atoms with van der Waals surface area (Å²) in [5, 5.41) is 1.89. The Morgan fingerprint density at radius 1 is 1.35 bits per heavy atom. The molecule has 0 N–H and O–H groups in total. The van der Waals surface area contributed by atoms with Gasteiger partial charge in [-0.05, 0) is 35.8 Å². The molecule has 17 heavy (non-hydrogen) atoms. The van der Waals surface area contributed by atoms with E-state index in [1.165, 1.54) is 17.7 Å². The van der Waals surface area contributed by atoms with Crippen molar-refractivity contribution in [2.75, 3.05) is 5.33 Å². The minimum Gasteiger partial charge on any atom is -0.122 e. The zero-order chi connectivity index (χ0) is 12.5. The van der Waals surface area contributed by atoms with Gasteiger partial charge in [-0.3, -0.25) is 0 Å². The maximum absolute atomic E-state index is 3.68. The minimum absolute atomic E-state index is 0.402. The summed E-state index contributed by atoms with van der Waals surface area (Å²) in [5.41, 5.74) is 1.95. The number of fused-ring (bicyclic) bond motifs is 1. The predicted molar refractivity (Wildman–Crippen MR) is 81.1 cm³/mol. The quantitative estimate of drug-likeness (QED) is 0.695. The first-order chi connectivity index (χ1) is 8.00. The normalized spacial score (nSPS) is 21.3. The Morgan fingerprint density at radius 2 is 2.06 bits per heavy atom. The molecular weight excluding hydrogens is 292 g/mol. The van der Waals surface area contributed by atoms with Gasteiger partial charge in [-0.25, -0.2) is 0 Å². The molecule has 0 nitrogen and oxygen atoms in total. The number of thioether (sulfide) groups is 1. The van der Waals surface area contributed by atoms with Crippen LogP contribution >= 0.6 is 27.7 Å². The van der Waals surface area contributed by atoms with Crippen LogP contribution in [0.5, 0.6) is 0 Å². The number of rotatable bonds is 3. The van der Waals surface area contributed by atoms with Crippen LogP contribution in [-0.2, 0) is 6.42 Å². The van der Waals surface area contributed by atoms with Crippen molar-refractivity contribution in [2.45, 2.75) is 43.8 Å². The van der Waals surface area contributed by atoms with Crippen molar-refractivity contribution in [2.24, 2.45) is 11.3 Å². The van der Waals surface area contributed by atoms with Crippen LogP contribution in [0.3, 0.4) is 0 Å². The monoisotopic (exact) mass is 312 g/mol. The van der Waals surface area contributed by atoms with E-state index in [2.05, 4.69) is 72.7 Å². The van der Waals surface area contributed by atoms with Crippen molar-refractivity contribution in [3.05, 3.63) is 29.8 Å². The van der Waals surface area contributed by atoms with Crippen LogP contribution in [0, 0.1) is 11.3 Å². The second-order valence-electron chi connectivity index (χ2n) is 6.00. The number of hydrogen-bond donors (Lipinski definition) is 0. The van der Waals surface area contributed by atoms with Gasteiger partial charge in [-0.15, -0.1) is 11.8 Å². The van der Waals surface area contributed by atoms with E-state index in [4.69, 9.17) is 0 Å².